The van der Waals surface area contributed by atoms with Crippen LogP contribution in [0, 0.1) is 0 Å². The largest absolute Gasteiger partial charge is 0.209 e. The van der Waals surface area contributed by atoms with Crippen molar-refractivity contribution in [3.05, 3.63) is 47.8 Å². The van der Waals surface area contributed by atoms with E-state index in [0.29, 0.717) is 0 Å². The summed E-state index contributed by atoms with van der Waals surface area (Å²) in [7, 11) is 0. The molecule has 0 spiro atoms. The first-order valence-electron chi connectivity index (χ1n) is 4.32. The zero-order valence-corrected chi connectivity index (χ0v) is 6.83. The monoisotopic (exact) mass is 156 g/mol. The van der Waals surface area contributed by atoms with Crippen molar-refractivity contribution in [2.75, 3.05) is 0 Å². The van der Waals surface area contributed by atoms with E-state index in [1.54, 1.807) is 0 Å². The summed E-state index contributed by atoms with van der Waals surface area (Å²) in [6.45, 7) is 1.07. The predicted octanol–water partition coefficient (Wildman–Crippen LogP) is 1.70. The Morgan fingerprint density at radius 3 is 3.25 bits per heavy atom. The fourth-order valence-electron chi connectivity index (χ4n) is 2.04. The van der Waals surface area contributed by atoms with Crippen molar-refractivity contribution in [3.63, 3.8) is 0 Å². The van der Waals surface area contributed by atoms with Crippen LogP contribution in [-0.4, -0.2) is 0 Å². The highest BCUT2D eigenvalue weighted by molar-refractivity contribution is 5.72. The maximum Gasteiger partial charge on any atom is 0.209 e. The first kappa shape index (κ1) is 6.18. The normalized spacial score (nSPS) is 18.3. The summed E-state index contributed by atoms with van der Waals surface area (Å²) in [5.74, 6) is 0. The molecule has 1 heteroatoms. The zero-order chi connectivity index (χ0) is 7.97. The van der Waals surface area contributed by atoms with Crippen molar-refractivity contribution >= 4 is 5.57 Å². The average molecular weight is 156 g/mol. The lowest BCUT2D eigenvalue weighted by atomic mass is 10.1. The van der Waals surface area contributed by atoms with Gasteiger partial charge in [0.2, 0.25) is 5.69 Å². The van der Waals surface area contributed by atoms with E-state index in [1.165, 1.54) is 16.8 Å². The molecule has 12 heavy (non-hydrogen) atoms. The summed E-state index contributed by atoms with van der Waals surface area (Å²) >= 11 is 0. The molecule has 0 bridgehead atoms. The van der Waals surface area contributed by atoms with Crippen LogP contribution in [0.3, 0.4) is 0 Å². The van der Waals surface area contributed by atoms with Crippen LogP contribution < -0.4 is 4.57 Å². The summed E-state index contributed by atoms with van der Waals surface area (Å²) in [6, 6.07) is 6.41. The smallest absolute Gasteiger partial charge is 0.194 e. The molecule has 58 valence electrons. The van der Waals surface area contributed by atoms with Crippen LogP contribution >= 0.6 is 0 Å². The van der Waals surface area contributed by atoms with Crippen molar-refractivity contribution in [1.82, 2.24) is 0 Å². The first-order valence-corrected chi connectivity index (χ1v) is 4.32. The second-order valence-electron chi connectivity index (χ2n) is 3.32. The minimum absolute atomic E-state index is 1.07. The van der Waals surface area contributed by atoms with E-state index in [4.69, 9.17) is 0 Å². The van der Waals surface area contributed by atoms with E-state index in [0.717, 1.165) is 13.0 Å². The molecule has 3 rings (SSSR count). The minimum Gasteiger partial charge on any atom is -0.194 e. The molecule has 0 saturated carbocycles. The van der Waals surface area contributed by atoms with Crippen LogP contribution in [0.4, 0.5) is 0 Å². The van der Waals surface area contributed by atoms with Crippen LogP contribution in [0.25, 0.3) is 5.57 Å². The molecule has 1 aromatic rings. The van der Waals surface area contributed by atoms with Crippen LogP contribution in [0.1, 0.15) is 12.1 Å². The Morgan fingerprint density at radius 2 is 2.25 bits per heavy atom. The van der Waals surface area contributed by atoms with Crippen molar-refractivity contribution < 1.29 is 4.57 Å². The SMILES string of the molecule is C1=CC2=C(C1)c1cccc[n+]1C2. The second kappa shape index (κ2) is 2.07. The van der Waals surface area contributed by atoms with E-state index < -0.39 is 0 Å². The standard InChI is InChI=1S/C11H10N/c1-2-7-12-8-9-4-3-5-10(9)11(12)6-1/h1-4,6-7H,5,8H2/q+1. The molecule has 1 aliphatic heterocycles. The molecule has 0 aromatic carbocycles. The van der Waals surface area contributed by atoms with E-state index >= 15 is 0 Å². The van der Waals surface area contributed by atoms with Gasteiger partial charge in [-0.2, -0.15) is 4.57 Å². The maximum atomic E-state index is 2.31. The Balaban J connectivity index is 2.21. The molecule has 0 fully saturated rings. The van der Waals surface area contributed by atoms with Gasteiger partial charge in [-0.1, -0.05) is 12.2 Å². The molecule has 0 radical (unpaired) electrons. The quantitative estimate of drug-likeness (QED) is 0.503. The Hall–Kier alpha value is -1.37. The van der Waals surface area contributed by atoms with Gasteiger partial charge in [-0.15, -0.1) is 0 Å². The van der Waals surface area contributed by atoms with Gasteiger partial charge in [-0.25, -0.2) is 0 Å². The van der Waals surface area contributed by atoms with Gasteiger partial charge in [0.05, 0.1) is 0 Å². The number of allylic oxidation sites excluding steroid dienone is 4. The van der Waals surface area contributed by atoms with Crippen molar-refractivity contribution in [1.29, 1.82) is 0 Å². The molecule has 0 atom stereocenters. The summed E-state index contributed by atoms with van der Waals surface area (Å²) < 4.78 is 2.31. The zero-order valence-electron chi connectivity index (χ0n) is 6.83. The van der Waals surface area contributed by atoms with Gasteiger partial charge in [0.25, 0.3) is 0 Å². The highest BCUT2D eigenvalue weighted by Gasteiger charge is 2.27. The molecule has 0 amide bonds. The third-order valence-corrected chi connectivity index (χ3v) is 2.62. The fraction of sp³-hybridized carbons (Fsp3) is 0.182. The van der Waals surface area contributed by atoms with Gasteiger partial charge in [0.15, 0.2) is 12.7 Å². The third-order valence-electron chi connectivity index (χ3n) is 2.62. The second-order valence-corrected chi connectivity index (χ2v) is 3.32. The van der Waals surface area contributed by atoms with Crippen molar-refractivity contribution in [2.24, 2.45) is 0 Å². The van der Waals surface area contributed by atoms with E-state index in [-0.39, 0.29) is 0 Å². The number of pyridine rings is 1. The highest BCUT2D eigenvalue weighted by Crippen LogP contribution is 2.30. The van der Waals surface area contributed by atoms with Crippen LogP contribution in [0.15, 0.2) is 42.1 Å². The van der Waals surface area contributed by atoms with Crippen LogP contribution in [0.5, 0.6) is 0 Å². The van der Waals surface area contributed by atoms with Gasteiger partial charge < -0.3 is 0 Å². The van der Waals surface area contributed by atoms with Gasteiger partial charge >= 0.3 is 0 Å². The number of nitrogens with zero attached hydrogens (tertiary/aromatic N) is 1. The lowest BCUT2D eigenvalue weighted by Gasteiger charge is -1.93. The Labute approximate surface area is 71.7 Å². The van der Waals surface area contributed by atoms with Gasteiger partial charge in [0.1, 0.15) is 0 Å². The molecular weight excluding hydrogens is 146 g/mol. The predicted molar refractivity (Wildman–Crippen MR) is 47.3 cm³/mol. The number of hydrogen-bond acceptors (Lipinski definition) is 0. The molecule has 0 unspecified atom stereocenters. The molecule has 2 aliphatic rings. The summed E-state index contributed by atoms with van der Waals surface area (Å²) in [6.07, 6.45) is 7.78. The molecule has 1 aromatic heterocycles. The summed E-state index contributed by atoms with van der Waals surface area (Å²) in [5, 5.41) is 0. The molecule has 0 N–H and O–H groups in total. The lowest BCUT2D eigenvalue weighted by Crippen LogP contribution is -2.33. The topological polar surface area (TPSA) is 3.88 Å². The van der Waals surface area contributed by atoms with E-state index in [9.17, 15) is 0 Å². The molecule has 2 heterocycles. The molecule has 1 aliphatic carbocycles. The molecule has 1 nitrogen and oxygen atoms in total. The number of aromatic nitrogens is 1. The van der Waals surface area contributed by atoms with E-state index in [1.807, 2.05) is 0 Å². The van der Waals surface area contributed by atoms with Crippen LogP contribution in [-0.2, 0) is 6.54 Å². The fourth-order valence-corrected chi connectivity index (χ4v) is 2.04. The Bertz CT molecular complexity index is 399. The Morgan fingerprint density at radius 1 is 1.25 bits per heavy atom. The number of rotatable bonds is 0. The van der Waals surface area contributed by atoms with Gasteiger partial charge in [0, 0.05) is 23.3 Å². The lowest BCUT2D eigenvalue weighted by molar-refractivity contribution is -0.686. The summed E-state index contributed by atoms with van der Waals surface area (Å²) in [4.78, 5) is 0. The van der Waals surface area contributed by atoms with Crippen LogP contribution in [0.2, 0.25) is 0 Å². The van der Waals surface area contributed by atoms with E-state index in [2.05, 4.69) is 41.1 Å². The number of fused-ring (bicyclic) bond motifs is 2. The average Bonchev–Trinajstić information content (AvgIpc) is 2.62. The summed E-state index contributed by atoms with van der Waals surface area (Å²) in [5.41, 5.74) is 4.43. The first-order chi connectivity index (χ1) is 5.95. The maximum absolute atomic E-state index is 2.31. The molecular formula is C11H10N+. The highest BCUT2D eigenvalue weighted by atomic mass is 15.0. The van der Waals surface area contributed by atoms with Gasteiger partial charge in [-0.05, 0) is 12.5 Å². The Kier molecular flexibility index (Phi) is 1.06. The third kappa shape index (κ3) is 0.658. The van der Waals surface area contributed by atoms with Crippen molar-refractivity contribution in [3.8, 4) is 0 Å². The van der Waals surface area contributed by atoms with Crippen molar-refractivity contribution in [2.45, 2.75) is 13.0 Å². The minimum atomic E-state index is 1.07. The molecule has 0 saturated heterocycles. The van der Waals surface area contributed by atoms with Gasteiger partial charge in [-0.3, -0.25) is 0 Å². The number of hydrogen-bond donors (Lipinski definition) is 0.